The van der Waals surface area contributed by atoms with Crippen LogP contribution in [-0.4, -0.2) is 45.9 Å². The van der Waals surface area contributed by atoms with Gasteiger partial charge in [0.1, 0.15) is 0 Å². The Bertz CT molecular complexity index is 280. The van der Waals surface area contributed by atoms with Gasteiger partial charge in [0.25, 0.3) is 0 Å². The van der Waals surface area contributed by atoms with Crippen molar-refractivity contribution >= 4 is 11.9 Å². The molecule has 6 heteroatoms. The van der Waals surface area contributed by atoms with Crippen LogP contribution in [0.5, 0.6) is 0 Å². The Morgan fingerprint density at radius 3 is 2.50 bits per heavy atom. The van der Waals surface area contributed by atoms with E-state index in [4.69, 9.17) is 10.2 Å². The quantitative estimate of drug-likeness (QED) is 0.520. The van der Waals surface area contributed by atoms with Gasteiger partial charge in [-0.1, -0.05) is 13.3 Å². The highest BCUT2D eigenvalue weighted by molar-refractivity contribution is 5.77. The lowest BCUT2D eigenvalue weighted by Crippen LogP contribution is -2.57. The first kappa shape index (κ1) is 12.9. The number of hydrogen-bond acceptors (Lipinski definition) is 4. The summed E-state index contributed by atoms with van der Waals surface area (Å²) in [5.41, 5.74) is 0. The van der Waals surface area contributed by atoms with E-state index in [-0.39, 0.29) is 5.92 Å². The average molecular weight is 231 g/mol. The van der Waals surface area contributed by atoms with E-state index in [0.717, 1.165) is 0 Å². The van der Waals surface area contributed by atoms with Crippen LogP contribution in [0.3, 0.4) is 0 Å². The lowest BCUT2D eigenvalue weighted by Gasteiger charge is -2.37. The van der Waals surface area contributed by atoms with Gasteiger partial charge in [-0.15, -0.1) is 0 Å². The van der Waals surface area contributed by atoms with E-state index in [1.54, 1.807) is 0 Å². The third-order valence-electron chi connectivity index (χ3n) is 3.19. The molecular formula is C10H17NO5. The smallest absolute Gasteiger partial charge is 0.334 e. The van der Waals surface area contributed by atoms with Crippen LogP contribution in [-0.2, 0) is 9.59 Å². The van der Waals surface area contributed by atoms with E-state index in [1.165, 1.54) is 0 Å². The standard InChI is InChI=1S/C10H17NO5/c1-2-5-3-4-11-7(6(5)9(13)14)8(12)10(15)16/h5-8,11-12H,2-4H2,1H3,(H,13,14)(H,15,16)/t5?,6-,7-,8?/m1/s1. The van der Waals surface area contributed by atoms with Gasteiger partial charge >= 0.3 is 11.9 Å². The predicted molar refractivity (Wildman–Crippen MR) is 55.0 cm³/mol. The Kier molecular flexibility index (Phi) is 4.26. The maximum Gasteiger partial charge on any atom is 0.334 e. The number of piperidine rings is 1. The molecule has 1 fully saturated rings. The summed E-state index contributed by atoms with van der Waals surface area (Å²) in [7, 11) is 0. The van der Waals surface area contributed by atoms with Crippen LogP contribution in [0.1, 0.15) is 19.8 Å². The fourth-order valence-electron chi connectivity index (χ4n) is 2.31. The van der Waals surface area contributed by atoms with Crippen molar-refractivity contribution in [1.82, 2.24) is 5.32 Å². The second kappa shape index (κ2) is 5.27. The molecule has 2 unspecified atom stereocenters. The predicted octanol–water partition coefficient (Wildman–Crippen LogP) is -0.479. The first-order chi connectivity index (χ1) is 7.49. The number of aliphatic hydroxyl groups excluding tert-OH is 1. The van der Waals surface area contributed by atoms with E-state index in [0.29, 0.717) is 19.4 Å². The van der Waals surface area contributed by atoms with Crippen molar-refractivity contribution in [2.75, 3.05) is 6.54 Å². The third kappa shape index (κ3) is 2.51. The number of carboxylic acids is 2. The van der Waals surface area contributed by atoms with E-state index < -0.39 is 30.0 Å². The molecule has 0 aliphatic carbocycles. The average Bonchev–Trinajstić information content (AvgIpc) is 2.26. The monoisotopic (exact) mass is 231 g/mol. The number of aliphatic hydroxyl groups is 1. The van der Waals surface area contributed by atoms with Gasteiger partial charge in [-0.2, -0.15) is 0 Å². The van der Waals surface area contributed by atoms with Crippen molar-refractivity contribution in [2.24, 2.45) is 11.8 Å². The summed E-state index contributed by atoms with van der Waals surface area (Å²) in [4.78, 5) is 21.8. The van der Waals surface area contributed by atoms with Crippen molar-refractivity contribution in [3.63, 3.8) is 0 Å². The molecule has 0 bridgehead atoms. The third-order valence-corrected chi connectivity index (χ3v) is 3.19. The number of aliphatic carboxylic acids is 2. The highest BCUT2D eigenvalue weighted by Crippen LogP contribution is 2.28. The summed E-state index contributed by atoms with van der Waals surface area (Å²) >= 11 is 0. The van der Waals surface area contributed by atoms with Crippen molar-refractivity contribution in [1.29, 1.82) is 0 Å². The minimum atomic E-state index is -1.67. The SMILES string of the molecule is CCC1CCN[C@@H](C(O)C(=O)O)[C@@H]1C(=O)O. The molecule has 1 heterocycles. The van der Waals surface area contributed by atoms with Gasteiger partial charge in [0.2, 0.25) is 0 Å². The van der Waals surface area contributed by atoms with E-state index in [1.807, 2.05) is 6.92 Å². The summed E-state index contributed by atoms with van der Waals surface area (Å²) in [5.74, 6) is -3.37. The van der Waals surface area contributed by atoms with Gasteiger partial charge in [-0.25, -0.2) is 4.79 Å². The van der Waals surface area contributed by atoms with Crippen molar-refractivity contribution in [2.45, 2.75) is 31.9 Å². The highest BCUT2D eigenvalue weighted by Gasteiger charge is 2.43. The largest absolute Gasteiger partial charge is 0.481 e. The minimum absolute atomic E-state index is 0.0854. The second-order valence-electron chi connectivity index (χ2n) is 4.08. The first-order valence-corrected chi connectivity index (χ1v) is 5.36. The molecule has 1 aliphatic heterocycles. The molecule has 0 spiro atoms. The summed E-state index contributed by atoms with van der Waals surface area (Å²) in [6.07, 6.45) is -0.312. The van der Waals surface area contributed by atoms with E-state index in [2.05, 4.69) is 5.32 Å². The highest BCUT2D eigenvalue weighted by atomic mass is 16.4. The van der Waals surface area contributed by atoms with Crippen molar-refractivity contribution in [3.8, 4) is 0 Å². The molecule has 0 aromatic carbocycles. The molecule has 0 saturated carbocycles. The van der Waals surface area contributed by atoms with E-state index in [9.17, 15) is 14.7 Å². The normalized spacial score (nSPS) is 32.0. The van der Waals surface area contributed by atoms with Gasteiger partial charge in [0.15, 0.2) is 6.10 Å². The maximum atomic E-state index is 11.1. The topological polar surface area (TPSA) is 107 Å². The summed E-state index contributed by atoms with van der Waals surface area (Å²) < 4.78 is 0. The minimum Gasteiger partial charge on any atom is -0.481 e. The molecule has 1 saturated heterocycles. The van der Waals surface area contributed by atoms with Crippen LogP contribution in [0.15, 0.2) is 0 Å². The number of rotatable bonds is 4. The van der Waals surface area contributed by atoms with Gasteiger partial charge in [-0.3, -0.25) is 4.79 Å². The lowest BCUT2D eigenvalue weighted by atomic mass is 9.77. The second-order valence-corrected chi connectivity index (χ2v) is 4.08. The number of carbonyl (C=O) groups is 2. The van der Waals surface area contributed by atoms with Crippen LogP contribution in [0.25, 0.3) is 0 Å². The Hall–Kier alpha value is -1.14. The molecule has 1 rings (SSSR count). The molecule has 92 valence electrons. The van der Waals surface area contributed by atoms with Crippen LogP contribution in [0.4, 0.5) is 0 Å². The summed E-state index contributed by atoms with van der Waals surface area (Å²) in [6, 6.07) is -0.909. The Labute approximate surface area is 93.3 Å². The molecule has 0 aromatic rings. The van der Waals surface area contributed by atoms with E-state index >= 15 is 0 Å². The van der Waals surface area contributed by atoms with Gasteiger partial charge in [-0.05, 0) is 18.9 Å². The van der Waals surface area contributed by atoms with Gasteiger partial charge in [0.05, 0.1) is 12.0 Å². The number of carboxylic acid groups (broad SMARTS) is 2. The van der Waals surface area contributed by atoms with Crippen LogP contribution < -0.4 is 5.32 Å². The zero-order chi connectivity index (χ0) is 12.3. The van der Waals surface area contributed by atoms with Crippen LogP contribution >= 0.6 is 0 Å². The Morgan fingerprint density at radius 1 is 1.44 bits per heavy atom. The molecule has 16 heavy (non-hydrogen) atoms. The van der Waals surface area contributed by atoms with Crippen molar-refractivity contribution in [3.05, 3.63) is 0 Å². The first-order valence-electron chi connectivity index (χ1n) is 5.36. The summed E-state index contributed by atoms with van der Waals surface area (Å²) in [6.45, 7) is 2.41. The molecule has 0 radical (unpaired) electrons. The molecule has 4 atom stereocenters. The zero-order valence-electron chi connectivity index (χ0n) is 9.09. The zero-order valence-corrected chi connectivity index (χ0v) is 9.09. The molecule has 0 aromatic heterocycles. The lowest BCUT2D eigenvalue weighted by molar-refractivity contribution is -0.155. The van der Waals surface area contributed by atoms with Crippen LogP contribution in [0.2, 0.25) is 0 Å². The Morgan fingerprint density at radius 2 is 2.06 bits per heavy atom. The fourth-order valence-corrected chi connectivity index (χ4v) is 2.31. The number of hydrogen-bond donors (Lipinski definition) is 4. The molecule has 4 N–H and O–H groups in total. The molecule has 0 amide bonds. The fraction of sp³-hybridized carbons (Fsp3) is 0.800. The number of nitrogens with one attached hydrogen (secondary N) is 1. The van der Waals surface area contributed by atoms with Crippen LogP contribution in [0, 0.1) is 11.8 Å². The molecule has 1 aliphatic rings. The Balaban J connectivity index is 2.87. The van der Waals surface area contributed by atoms with Gasteiger partial charge in [0, 0.05) is 0 Å². The van der Waals surface area contributed by atoms with Crippen molar-refractivity contribution < 1.29 is 24.9 Å². The molecule has 6 nitrogen and oxygen atoms in total. The van der Waals surface area contributed by atoms with Gasteiger partial charge < -0.3 is 20.6 Å². The molecular weight excluding hydrogens is 214 g/mol. The maximum absolute atomic E-state index is 11.1. The summed E-state index contributed by atoms with van der Waals surface area (Å²) in [5, 5.41) is 30.0.